The molecule has 6 nitrogen and oxygen atoms in total. The van der Waals surface area contributed by atoms with E-state index in [4.69, 9.17) is 15.2 Å². The van der Waals surface area contributed by atoms with Gasteiger partial charge in [0.2, 0.25) is 0 Å². The van der Waals surface area contributed by atoms with Crippen LogP contribution in [0.4, 0.5) is 5.69 Å². The highest BCUT2D eigenvalue weighted by atomic mass is 16.5. The molecule has 1 aromatic rings. The Labute approximate surface area is 123 Å². The predicted molar refractivity (Wildman–Crippen MR) is 78.7 cm³/mol. The monoisotopic (exact) mass is 284 g/mol. The molecule has 0 radical (unpaired) electrons. The molecule has 21 heavy (non-hydrogen) atoms. The lowest BCUT2D eigenvalue weighted by Crippen LogP contribution is -2.39. The lowest BCUT2D eigenvalue weighted by Gasteiger charge is -2.33. The molecule has 1 saturated heterocycles. The third-order valence-corrected chi connectivity index (χ3v) is 3.70. The number of nitrogens with zero attached hydrogens (tertiary/aromatic N) is 3. The number of benzene rings is 1. The second-order valence-corrected chi connectivity index (χ2v) is 4.91. The van der Waals surface area contributed by atoms with Crippen LogP contribution in [0.1, 0.15) is 6.42 Å². The van der Waals surface area contributed by atoms with Crippen LogP contribution in [0.3, 0.4) is 0 Å². The van der Waals surface area contributed by atoms with Gasteiger partial charge in [0.15, 0.2) is 0 Å². The maximum atomic E-state index is 9.43. The van der Waals surface area contributed by atoms with E-state index in [2.05, 4.69) is 11.2 Å². The molecule has 2 heterocycles. The van der Waals surface area contributed by atoms with Gasteiger partial charge >= 0.3 is 0 Å². The third-order valence-electron chi connectivity index (χ3n) is 3.70. The van der Waals surface area contributed by atoms with Crippen molar-refractivity contribution in [3.8, 4) is 11.8 Å². The first-order chi connectivity index (χ1) is 10.2. The average Bonchev–Trinajstić information content (AvgIpc) is 2.54. The predicted octanol–water partition coefficient (Wildman–Crippen LogP) is 1.60. The summed E-state index contributed by atoms with van der Waals surface area (Å²) in [5.74, 6) is 1.06. The Bertz CT molecular complexity index is 660. The number of fused-ring (bicyclic) bond motifs is 1. The highest BCUT2D eigenvalue weighted by Crippen LogP contribution is 2.32. The van der Waals surface area contributed by atoms with Gasteiger partial charge in [-0.15, -0.1) is 0 Å². The van der Waals surface area contributed by atoms with Crippen molar-refractivity contribution in [3.05, 3.63) is 35.7 Å². The molecule has 6 heteroatoms. The molecule has 2 aliphatic heterocycles. The van der Waals surface area contributed by atoms with Crippen LogP contribution < -0.4 is 15.5 Å². The van der Waals surface area contributed by atoms with Crippen molar-refractivity contribution in [2.24, 2.45) is 16.8 Å². The van der Waals surface area contributed by atoms with Crippen LogP contribution in [-0.4, -0.2) is 26.0 Å². The fourth-order valence-corrected chi connectivity index (χ4v) is 2.60. The molecule has 0 bridgehead atoms. The summed E-state index contributed by atoms with van der Waals surface area (Å²) in [4.78, 5) is 0. The molecule has 108 valence electrons. The van der Waals surface area contributed by atoms with E-state index in [0.717, 1.165) is 17.8 Å². The zero-order valence-corrected chi connectivity index (χ0v) is 11.7. The topological polar surface area (TPSA) is 83.9 Å². The van der Waals surface area contributed by atoms with Gasteiger partial charge in [0, 0.05) is 18.6 Å². The van der Waals surface area contributed by atoms with E-state index in [9.17, 15) is 5.26 Å². The van der Waals surface area contributed by atoms with E-state index in [0.29, 0.717) is 30.4 Å². The van der Waals surface area contributed by atoms with E-state index in [1.807, 2.05) is 24.3 Å². The third kappa shape index (κ3) is 2.32. The zero-order chi connectivity index (χ0) is 14.8. The Morgan fingerprint density at radius 3 is 3.14 bits per heavy atom. The van der Waals surface area contributed by atoms with Crippen molar-refractivity contribution in [1.29, 1.82) is 5.26 Å². The molecule has 1 fully saturated rings. The maximum absolute atomic E-state index is 9.43. The van der Waals surface area contributed by atoms with Gasteiger partial charge < -0.3 is 15.2 Å². The molecule has 1 unspecified atom stereocenters. The molecular weight excluding hydrogens is 268 g/mol. The van der Waals surface area contributed by atoms with Gasteiger partial charge in [0.25, 0.3) is 0 Å². The lowest BCUT2D eigenvalue weighted by molar-refractivity contribution is 0.142. The number of hydrogen-bond donors (Lipinski definition) is 1. The first kappa shape index (κ1) is 13.5. The van der Waals surface area contributed by atoms with Gasteiger partial charge in [-0.3, -0.25) is 0 Å². The van der Waals surface area contributed by atoms with E-state index in [-0.39, 0.29) is 5.92 Å². The number of anilines is 1. The van der Waals surface area contributed by atoms with Crippen molar-refractivity contribution in [3.63, 3.8) is 0 Å². The number of nitrogens with two attached hydrogens (primary N) is 1. The summed E-state index contributed by atoms with van der Waals surface area (Å²) in [7, 11) is 1.60. The number of rotatable bonds is 2. The molecule has 1 atom stereocenters. The van der Waals surface area contributed by atoms with Crippen LogP contribution in [0, 0.1) is 17.2 Å². The number of ether oxygens (including phenoxy) is 2. The summed E-state index contributed by atoms with van der Waals surface area (Å²) < 4.78 is 10.7. The fraction of sp³-hybridized carbons (Fsp3) is 0.333. The smallest absolute Gasteiger partial charge is 0.140 e. The minimum atomic E-state index is -0.0226. The van der Waals surface area contributed by atoms with E-state index in [1.54, 1.807) is 12.1 Å². The maximum Gasteiger partial charge on any atom is 0.140 e. The van der Waals surface area contributed by atoms with Gasteiger partial charge in [-0.05, 0) is 18.6 Å². The molecule has 0 spiro atoms. The summed E-state index contributed by atoms with van der Waals surface area (Å²) in [6.45, 7) is 1.06. The summed E-state index contributed by atoms with van der Waals surface area (Å²) in [5, 5.41) is 15.6. The molecule has 2 N–H and O–H groups in total. The highest BCUT2D eigenvalue weighted by Gasteiger charge is 2.33. The molecule has 0 aliphatic carbocycles. The molecule has 3 rings (SSSR count). The van der Waals surface area contributed by atoms with E-state index >= 15 is 0 Å². The summed E-state index contributed by atoms with van der Waals surface area (Å²) >= 11 is 0. The van der Waals surface area contributed by atoms with Crippen LogP contribution in [0.25, 0.3) is 0 Å². The average molecular weight is 284 g/mol. The minimum absolute atomic E-state index is 0.0226. The van der Waals surface area contributed by atoms with Gasteiger partial charge in [0.05, 0.1) is 36.8 Å². The Morgan fingerprint density at radius 2 is 2.38 bits per heavy atom. The number of nitriles is 1. The zero-order valence-electron chi connectivity index (χ0n) is 11.7. The van der Waals surface area contributed by atoms with Crippen LogP contribution in [0.15, 0.2) is 40.8 Å². The van der Waals surface area contributed by atoms with Gasteiger partial charge in [-0.25, -0.2) is 5.01 Å². The van der Waals surface area contributed by atoms with Crippen LogP contribution >= 0.6 is 0 Å². The standard InChI is InChI=1S/C15H16N4O2/c1-20-11-4-2-3-10(7-11)19-15(17)13(8-16)12-5-6-21-9-14(12)18-19/h2-4,7,12H,5-6,9,17H2,1H3. The van der Waals surface area contributed by atoms with Crippen molar-refractivity contribution < 1.29 is 9.47 Å². The number of hydrogen-bond acceptors (Lipinski definition) is 6. The van der Waals surface area contributed by atoms with E-state index in [1.165, 1.54) is 0 Å². The van der Waals surface area contributed by atoms with Gasteiger partial charge in [-0.1, -0.05) is 6.07 Å². The van der Waals surface area contributed by atoms with Gasteiger partial charge in [0.1, 0.15) is 11.6 Å². The second-order valence-electron chi connectivity index (χ2n) is 4.91. The van der Waals surface area contributed by atoms with Crippen LogP contribution in [0.5, 0.6) is 5.75 Å². The first-order valence-electron chi connectivity index (χ1n) is 6.73. The second kappa shape index (κ2) is 5.46. The number of hydrazone groups is 1. The van der Waals surface area contributed by atoms with Gasteiger partial charge in [-0.2, -0.15) is 10.4 Å². The SMILES string of the molecule is COc1cccc(N2N=C3COCCC3C(C#N)=C2N)c1. The highest BCUT2D eigenvalue weighted by molar-refractivity contribution is 5.94. The minimum Gasteiger partial charge on any atom is -0.497 e. The molecule has 0 aromatic heterocycles. The van der Waals surface area contributed by atoms with Crippen molar-refractivity contribution in [2.75, 3.05) is 25.3 Å². The lowest BCUT2D eigenvalue weighted by atomic mass is 9.89. The number of methoxy groups -OCH3 is 1. The fourth-order valence-electron chi connectivity index (χ4n) is 2.60. The van der Waals surface area contributed by atoms with E-state index < -0.39 is 0 Å². The van der Waals surface area contributed by atoms with Crippen LogP contribution in [0.2, 0.25) is 0 Å². The molecule has 1 aromatic carbocycles. The first-order valence-corrected chi connectivity index (χ1v) is 6.73. The van der Waals surface area contributed by atoms with Crippen molar-refractivity contribution in [2.45, 2.75) is 6.42 Å². The Morgan fingerprint density at radius 1 is 1.52 bits per heavy atom. The Kier molecular flexibility index (Phi) is 3.50. The Balaban J connectivity index is 2.05. The number of allylic oxidation sites excluding steroid dienone is 1. The molecule has 0 saturated carbocycles. The summed E-state index contributed by atoms with van der Waals surface area (Å²) in [6.07, 6.45) is 0.744. The van der Waals surface area contributed by atoms with Crippen molar-refractivity contribution in [1.82, 2.24) is 0 Å². The Hall–Kier alpha value is -2.52. The van der Waals surface area contributed by atoms with Crippen LogP contribution in [-0.2, 0) is 4.74 Å². The summed E-state index contributed by atoms with van der Waals surface area (Å²) in [5.41, 5.74) is 8.32. The normalized spacial score (nSPS) is 21.4. The quantitative estimate of drug-likeness (QED) is 0.891. The molecule has 0 amide bonds. The summed E-state index contributed by atoms with van der Waals surface area (Å²) in [6, 6.07) is 9.63. The molecule has 2 aliphatic rings. The molecular formula is C15H16N4O2. The largest absolute Gasteiger partial charge is 0.497 e. The van der Waals surface area contributed by atoms with Crippen molar-refractivity contribution >= 4 is 11.4 Å².